The fourth-order valence-electron chi connectivity index (χ4n) is 1.49. The predicted octanol–water partition coefficient (Wildman–Crippen LogP) is 3.59. The number of nitrogens with two attached hydrogens (primary N) is 1. The van der Waals surface area contributed by atoms with E-state index in [1.165, 1.54) is 5.56 Å². The molecule has 0 aromatic heterocycles. The van der Waals surface area contributed by atoms with E-state index in [1.807, 2.05) is 30.0 Å². The quantitative estimate of drug-likeness (QED) is 0.586. The van der Waals surface area contributed by atoms with Crippen LogP contribution in [0.5, 0.6) is 0 Å². The van der Waals surface area contributed by atoms with Crippen molar-refractivity contribution < 1.29 is 0 Å². The van der Waals surface area contributed by atoms with E-state index in [4.69, 9.17) is 11.1 Å². The average molecular weight is 236 g/mol. The van der Waals surface area contributed by atoms with Crippen molar-refractivity contribution >= 4 is 17.6 Å². The van der Waals surface area contributed by atoms with Crippen molar-refractivity contribution in [2.45, 2.75) is 37.2 Å². The number of benzene rings is 1. The van der Waals surface area contributed by atoms with Crippen molar-refractivity contribution in [2.24, 2.45) is 5.73 Å². The van der Waals surface area contributed by atoms with Gasteiger partial charge in [0.05, 0.1) is 5.84 Å². The van der Waals surface area contributed by atoms with Gasteiger partial charge in [0.2, 0.25) is 0 Å². The lowest BCUT2D eigenvalue weighted by atomic mass is 10.1. The minimum atomic E-state index is 0.268. The Balaban J connectivity index is 2.75. The van der Waals surface area contributed by atoms with Crippen molar-refractivity contribution in [3.63, 3.8) is 0 Å². The van der Waals surface area contributed by atoms with Gasteiger partial charge in [0.25, 0.3) is 0 Å². The van der Waals surface area contributed by atoms with Gasteiger partial charge >= 0.3 is 0 Å². The molecule has 1 aromatic carbocycles. The fraction of sp³-hybridized carbons (Fsp3) is 0.462. The Bertz CT molecular complexity index is 324. The zero-order valence-corrected chi connectivity index (χ0v) is 10.8. The molecule has 3 heteroatoms. The SMILES string of the molecule is CCC(C)SC(CC(=N)N)c1ccccc1. The van der Waals surface area contributed by atoms with Crippen LogP contribution in [-0.4, -0.2) is 11.1 Å². The molecule has 0 aliphatic carbocycles. The minimum absolute atomic E-state index is 0.268. The molecular weight excluding hydrogens is 216 g/mol. The van der Waals surface area contributed by atoms with Crippen molar-refractivity contribution in [3.05, 3.63) is 35.9 Å². The van der Waals surface area contributed by atoms with E-state index in [-0.39, 0.29) is 5.84 Å². The van der Waals surface area contributed by atoms with Crippen LogP contribution in [0.4, 0.5) is 0 Å². The molecule has 0 saturated heterocycles. The summed E-state index contributed by atoms with van der Waals surface area (Å²) in [6.45, 7) is 4.41. The lowest BCUT2D eigenvalue weighted by molar-refractivity contribution is 0.883. The first-order valence-corrected chi connectivity index (χ1v) is 6.61. The Morgan fingerprint density at radius 2 is 2.00 bits per heavy atom. The smallest absolute Gasteiger partial charge is 0.0919 e. The maximum absolute atomic E-state index is 7.44. The highest BCUT2D eigenvalue weighted by Crippen LogP contribution is 2.35. The summed E-state index contributed by atoms with van der Waals surface area (Å²) in [6, 6.07) is 10.3. The summed E-state index contributed by atoms with van der Waals surface area (Å²) in [5.41, 5.74) is 6.78. The van der Waals surface area contributed by atoms with Crippen molar-refractivity contribution in [3.8, 4) is 0 Å². The van der Waals surface area contributed by atoms with Crippen molar-refractivity contribution in [1.82, 2.24) is 0 Å². The van der Waals surface area contributed by atoms with Gasteiger partial charge in [-0.15, -0.1) is 0 Å². The van der Waals surface area contributed by atoms with E-state index in [0.717, 1.165) is 6.42 Å². The van der Waals surface area contributed by atoms with Gasteiger partial charge < -0.3 is 5.73 Å². The van der Waals surface area contributed by atoms with Crippen LogP contribution in [0.25, 0.3) is 0 Å². The third-order valence-electron chi connectivity index (χ3n) is 2.55. The molecule has 0 fully saturated rings. The highest BCUT2D eigenvalue weighted by molar-refractivity contribution is 8.00. The van der Waals surface area contributed by atoms with Crippen LogP contribution in [0.1, 0.15) is 37.5 Å². The molecule has 88 valence electrons. The van der Waals surface area contributed by atoms with E-state index in [0.29, 0.717) is 16.9 Å². The highest BCUT2D eigenvalue weighted by Gasteiger charge is 2.15. The second-order valence-electron chi connectivity index (χ2n) is 3.98. The van der Waals surface area contributed by atoms with E-state index >= 15 is 0 Å². The van der Waals surface area contributed by atoms with Crippen LogP contribution in [0.3, 0.4) is 0 Å². The van der Waals surface area contributed by atoms with Gasteiger partial charge in [-0.25, -0.2) is 0 Å². The molecule has 2 atom stereocenters. The maximum Gasteiger partial charge on any atom is 0.0919 e. The average Bonchev–Trinajstić information content (AvgIpc) is 2.28. The van der Waals surface area contributed by atoms with Gasteiger partial charge in [-0.05, 0) is 12.0 Å². The van der Waals surface area contributed by atoms with E-state index in [1.54, 1.807) is 0 Å². The third-order valence-corrected chi connectivity index (χ3v) is 4.11. The number of hydrogen-bond acceptors (Lipinski definition) is 2. The molecule has 1 rings (SSSR count). The normalized spacial score (nSPS) is 14.4. The van der Waals surface area contributed by atoms with Crippen LogP contribution >= 0.6 is 11.8 Å². The van der Waals surface area contributed by atoms with Crippen molar-refractivity contribution in [1.29, 1.82) is 5.41 Å². The van der Waals surface area contributed by atoms with Gasteiger partial charge in [0, 0.05) is 16.9 Å². The highest BCUT2D eigenvalue weighted by atomic mass is 32.2. The molecule has 2 nitrogen and oxygen atoms in total. The summed E-state index contributed by atoms with van der Waals surface area (Å²) < 4.78 is 0. The molecule has 0 amide bonds. The molecule has 0 aliphatic heterocycles. The number of amidine groups is 1. The fourth-order valence-corrected chi connectivity index (χ4v) is 2.83. The molecule has 3 N–H and O–H groups in total. The Kier molecular flexibility index (Phi) is 5.39. The molecule has 0 aliphatic rings. The topological polar surface area (TPSA) is 49.9 Å². The van der Waals surface area contributed by atoms with Gasteiger partial charge in [-0.3, -0.25) is 5.41 Å². The first-order chi connectivity index (χ1) is 7.63. The number of thioether (sulfide) groups is 1. The molecule has 0 heterocycles. The van der Waals surface area contributed by atoms with Crippen LogP contribution in [0, 0.1) is 5.41 Å². The first-order valence-electron chi connectivity index (χ1n) is 5.66. The predicted molar refractivity (Wildman–Crippen MR) is 73.1 cm³/mol. The summed E-state index contributed by atoms with van der Waals surface area (Å²) in [7, 11) is 0. The van der Waals surface area contributed by atoms with Gasteiger partial charge in [0.15, 0.2) is 0 Å². The zero-order valence-electron chi connectivity index (χ0n) is 9.94. The second-order valence-corrected chi connectivity index (χ2v) is 5.63. The Labute approximate surface area is 102 Å². The molecular formula is C13H20N2S. The summed E-state index contributed by atoms with van der Waals surface area (Å²) in [5, 5.41) is 8.35. The number of rotatable bonds is 6. The van der Waals surface area contributed by atoms with E-state index in [9.17, 15) is 0 Å². The van der Waals surface area contributed by atoms with Crippen LogP contribution in [-0.2, 0) is 0 Å². The number of nitrogens with one attached hydrogen (secondary N) is 1. The Hall–Kier alpha value is -0.960. The van der Waals surface area contributed by atoms with Gasteiger partial charge in [-0.1, -0.05) is 44.2 Å². The van der Waals surface area contributed by atoms with Crippen LogP contribution in [0.2, 0.25) is 0 Å². The lowest BCUT2D eigenvalue weighted by Gasteiger charge is -2.20. The van der Waals surface area contributed by atoms with Crippen LogP contribution < -0.4 is 5.73 Å². The second kappa shape index (κ2) is 6.59. The van der Waals surface area contributed by atoms with E-state index < -0.39 is 0 Å². The molecule has 1 aromatic rings. The van der Waals surface area contributed by atoms with Gasteiger partial charge in [-0.2, -0.15) is 11.8 Å². The zero-order chi connectivity index (χ0) is 12.0. The number of hydrogen-bond donors (Lipinski definition) is 2. The van der Waals surface area contributed by atoms with E-state index in [2.05, 4.69) is 26.0 Å². The first kappa shape index (κ1) is 13.1. The Morgan fingerprint density at radius 3 is 2.50 bits per heavy atom. The molecule has 0 saturated carbocycles. The molecule has 0 bridgehead atoms. The van der Waals surface area contributed by atoms with Crippen molar-refractivity contribution in [2.75, 3.05) is 0 Å². The standard InChI is InChI=1S/C13H20N2S/c1-3-10(2)16-12(9-13(14)15)11-7-5-4-6-8-11/h4-8,10,12H,3,9H2,1-2H3,(H3,14,15). The molecule has 0 radical (unpaired) electrons. The summed E-state index contributed by atoms with van der Waals surface area (Å²) in [6.07, 6.45) is 1.78. The van der Waals surface area contributed by atoms with Gasteiger partial charge in [0.1, 0.15) is 0 Å². The summed E-state index contributed by atoms with van der Waals surface area (Å²) in [5.74, 6) is 0.268. The summed E-state index contributed by atoms with van der Waals surface area (Å²) in [4.78, 5) is 0. The summed E-state index contributed by atoms with van der Waals surface area (Å²) >= 11 is 1.91. The monoisotopic (exact) mass is 236 g/mol. The Morgan fingerprint density at radius 1 is 1.38 bits per heavy atom. The third kappa shape index (κ3) is 4.27. The molecule has 2 unspecified atom stereocenters. The molecule has 16 heavy (non-hydrogen) atoms. The maximum atomic E-state index is 7.44. The minimum Gasteiger partial charge on any atom is -0.388 e. The largest absolute Gasteiger partial charge is 0.388 e. The lowest BCUT2D eigenvalue weighted by Crippen LogP contribution is -2.14. The molecule has 0 spiro atoms. The van der Waals surface area contributed by atoms with Crippen LogP contribution in [0.15, 0.2) is 30.3 Å².